The van der Waals surface area contributed by atoms with Crippen LogP contribution in [0.3, 0.4) is 0 Å². The summed E-state index contributed by atoms with van der Waals surface area (Å²) in [5, 5.41) is 26.7. The highest BCUT2D eigenvalue weighted by molar-refractivity contribution is 5.74. The third kappa shape index (κ3) is 4.44. The summed E-state index contributed by atoms with van der Waals surface area (Å²) in [6.45, 7) is 0. The van der Waals surface area contributed by atoms with Crippen molar-refractivity contribution in [3.05, 3.63) is 29.3 Å². The Labute approximate surface area is 111 Å². The van der Waals surface area contributed by atoms with Crippen molar-refractivity contribution in [2.24, 2.45) is 0 Å². The Kier molecular flexibility index (Phi) is 4.94. The number of aliphatic hydroxyl groups excluding tert-OH is 1. The molecule has 5 nitrogen and oxygen atoms in total. The summed E-state index contributed by atoms with van der Waals surface area (Å²) in [7, 11) is 0. The third-order valence-corrected chi connectivity index (χ3v) is 2.39. The Morgan fingerprint density at radius 2 is 2.10 bits per heavy atom. The van der Waals surface area contributed by atoms with Crippen molar-refractivity contribution >= 4 is 5.97 Å². The normalized spacial score (nSPS) is 12.6. The monoisotopic (exact) mass is 289 g/mol. The van der Waals surface area contributed by atoms with Gasteiger partial charge in [0.15, 0.2) is 6.10 Å². The minimum Gasteiger partial charge on any atom is -0.479 e. The Morgan fingerprint density at radius 3 is 2.60 bits per heavy atom. The minimum absolute atomic E-state index is 0.0405. The Balaban J connectivity index is 3.14. The van der Waals surface area contributed by atoms with Crippen molar-refractivity contribution in [1.82, 2.24) is 0 Å². The predicted octanol–water partition coefficient (Wildman–Crippen LogP) is 2.16. The van der Waals surface area contributed by atoms with Gasteiger partial charge < -0.3 is 14.9 Å². The number of alkyl halides is 3. The van der Waals surface area contributed by atoms with Gasteiger partial charge in [-0.25, -0.2) is 4.79 Å². The first-order valence-corrected chi connectivity index (χ1v) is 5.41. The van der Waals surface area contributed by atoms with Crippen LogP contribution < -0.4 is 4.74 Å². The number of aliphatic carboxylic acids is 1. The summed E-state index contributed by atoms with van der Waals surface area (Å²) >= 11 is 0. The van der Waals surface area contributed by atoms with E-state index in [1.54, 1.807) is 0 Å². The van der Waals surface area contributed by atoms with Crippen molar-refractivity contribution in [3.63, 3.8) is 0 Å². The van der Waals surface area contributed by atoms with Crippen LogP contribution in [0.25, 0.3) is 0 Å². The lowest BCUT2D eigenvalue weighted by atomic mass is 9.98. The largest absolute Gasteiger partial charge is 0.573 e. The van der Waals surface area contributed by atoms with E-state index < -0.39 is 24.2 Å². The van der Waals surface area contributed by atoms with E-state index in [1.807, 2.05) is 6.07 Å². The molecule has 8 heteroatoms. The summed E-state index contributed by atoms with van der Waals surface area (Å²) in [6.07, 6.45) is -6.75. The van der Waals surface area contributed by atoms with Gasteiger partial charge in [0, 0.05) is 6.42 Å². The van der Waals surface area contributed by atoms with Crippen LogP contribution in [-0.4, -0.2) is 22.5 Å². The molecule has 108 valence electrons. The summed E-state index contributed by atoms with van der Waals surface area (Å²) in [4.78, 5) is 10.7. The molecule has 0 heterocycles. The number of aryl methyl sites for hydroxylation is 1. The number of carbonyl (C=O) groups is 1. The molecule has 0 fully saturated rings. The molecule has 0 saturated heterocycles. The topological polar surface area (TPSA) is 90.5 Å². The second-order valence-corrected chi connectivity index (χ2v) is 3.81. The van der Waals surface area contributed by atoms with Crippen LogP contribution in [0.4, 0.5) is 13.2 Å². The van der Waals surface area contributed by atoms with Crippen LogP contribution in [0.15, 0.2) is 18.2 Å². The molecule has 0 radical (unpaired) electrons. The second-order valence-electron chi connectivity index (χ2n) is 3.81. The number of nitrogens with zero attached hydrogens (tertiary/aromatic N) is 1. The fourth-order valence-electron chi connectivity index (χ4n) is 1.58. The molecule has 0 saturated carbocycles. The van der Waals surface area contributed by atoms with Gasteiger partial charge in [-0.2, -0.15) is 5.26 Å². The van der Waals surface area contributed by atoms with Gasteiger partial charge in [-0.15, -0.1) is 13.2 Å². The number of benzene rings is 1. The molecule has 0 spiro atoms. The van der Waals surface area contributed by atoms with Crippen molar-refractivity contribution in [1.29, 1.82) is 5.26 Å². The predicted molar refractivity (Wildman–Crippen MR) is 59.7 cm³/mol. The van der Waals surface area contributed by atoms with Crippen LogP contribution in [0.5, 0.6) is 5.75 Å². The Hall–Kier alpha value is -2.27. The van der Waals surface area contributed by atoms with E-state index in [2.05, 4.69) is 4.74 Å². The molecule has 1 rings (SSSR count). The van der Waals surface area contributed by atoms with Gasteiger partial charge in [-0.3, -0.25) is 0 Å². The van der Waals surface area contributed by atoms with Gasteiger partial charge in [-0.1, -0.05) is 6.07 Å². The first kappa shape index (κ1) is 15.8. The maximum atomic E-state index is 12.1. The van der Waals surface area contributed by atoms with Crippen LogP contribution in [-0.2, 0) is 11.2 Å². The highest BCUT2D eigenvalue weighted by Gasteiger charge is 2.32. The lowest BCUT2D eigenvalue weighted by molar-refractivity contribution is -0.274. The number of nitriles is 1. The fraction of sp³-hybridized carbons (Fsp3) is 0.333. The van der Waals surface area contributed by atoms with Gasteiger partial charge in [0.1, 0.15) is 5.75 Å². The molecule has 0 aliphatic rings. The molecule has 0 bridgehead atoms. The molecule has 1 aromatic rings. The Bertz CT molecular complexity index is 536. The number of rotatable bonds is 5. The fourth-order valence-corrected chi connectivity index (χ4v) is 1.58. The summed E-state index contributed by atoms with van der Waals surface area (Å²) in [5.74, 6) is -2.24. The summed E-state index contributed by atoms with van der Waals surface area (Å²) in [6, 6.07) is 4.82. The van der Waals surface area contributed by atoms with Gasteiger partial charge in [0.05, 0.1) is 6.07 Å². The molecule has 0 amide bonds. The van der Waals surface area contributed by atoms with Crippen LogP contribution >= 0.6 is 0 Å². The van der Waals surface area contributed by atoms with Gasteiger partial charge in [0.25, 0.3) is 0 Å². The van der Waals surface area contributed by atoms with E-state index in [0.717, 1.165) is 12.1 Å². The summed E-state index contributed by atoms with van der Waals surface area (Å²) in [5.41, 5.74) is 0.0467. The van der Waals surface area contributed by atoms with Crippen LogP contribution in [0.1, 0.15) is 23.7 Å². The smallest absolute Gasteiger partial charge is 0.479 e. The minimum atomic E-state index is -4.92. The highest BCUT2D eigenvalue weighted by atomic mass is 19.4. The van der Waals surface area contributed by atoms with E-state index >= 15 is 0 Å². The average Bonchev–Trinajstić information content (AvgIpc) is 2.34. The molecular formula is C12H10F3NO4. The zero-order valence-electron chi connectivity index (χ0n) is 10.0. The van der Waals surface area contributed by atoms with Crippen molar-refractivity contribution in [2.45, 2.75) is 25.3 Å². The van der Waals surface area contributed by atoms with Gasteiger partial charge >= 0.3 is 12.3 Å². The van der Waals surface area contributed by atoms with E-state index in [9.17, 15) is 23.1 Å². The maximum Gasteiger partial charge on any atom is 0.573 e. The number of carboxylic acids is 1. The zero-order chi connectivity index (χ0) is 15.3. The highest BCUT2D eigenvalue weighted by Crippen LogP contribution is 2.28. The second kappa shape index (κ2) is 6.25. The molecular weight excluding hydrogens is 279 g/mol. The number of aliphatic hydroxyl groups is 1. The molecule has 0 aliphatic heterocycles. The zero-order valence-corrected chi connectivity index (χ0v) is 10.0. The van der Waals surface area contributed by atoms with Crippen molar-refractivity contribution < 1.29 is 32.9 Å². The van der Waals surface area contributed by atoms with Crippen molar-refractivity contribution in [3.8, 4) is 11.8 Å². The maximum absolute atomic E-state index is 12.1. The Morgan fingerprint density at radius 1 is 1.45 bits per heavy atom. The summed E-state index contributed by atoms with van der Waals surface area (Å²) < 4.78 is 39.9. The molecule has 1 unspecified atom stereocenters. The molecule has 0 aliphatic carbocycles. The lowest BCUT2D eigenvalue weighted by Crippen LogP contribution is -2.18. The number of ether oxygens (including phenoxy) is 1. The van der Waals surface area contributed by atoms with E-state index in [1.165, 1.54) is 6.07 Å². The van der Waals surface area contributed by atoms with Gasteiger partial charge in [0.2, 0.25) is 0 Å². The number of hydrogen-bond donors (Lipinski definition) is 2. The van der Waals surface area contributed by atoms with E-state index in [-0.39, 0.29) is 24.0 Å². The van der Waals surface area contributed by atoms with Crippen LogP contribution in [0, 0.1) is 11.3 Å². The first-order valence-electron chi connectivity index (χ1n) is 5.41. The van der Waals surface area contributed by atoms with E-state index in [0.29, 0.717) is 0 Å². The lowest BCUT2D eigenvalue weighted by Gasteiger charge is -2.15. The molecule has 1 aromatic carbocycles. The molecule has 2 N–H and O–H groups in total. The molecule has 0 aromatic heterocycles. The van der Waals surface area contributed by atoms with Crippen LogP contribution in [0.2, 0.25) is 0 Å². The third-order valence-electron chi connectivity index (χ3n) is 2.39. The number of carboxylic acid groups (broad SMARTS) is 1. The van der Waals surface area contributed by atoms with Gasteiger partial charge in [-0.05, 0) is 29.7 Å². The number of hydrogen-bond acceptors (Lipinski definition) is 4. The quantitative estimate of drug-likeness (QED) is 0.866. The SMILES string of the molecule is N#CCCc1ccc(OC(F)(F)F)cc1C(O)C(=O)O. The first-order chi connectivity index (χ1) is 9.24. The molecule has 1 atom stereocenters. The average molecular weight is 289 g/mol. The van der Waals surface area contributed by atoms with E-state index in [4.69, 9.17) is 10.4 Å². The van der Waals surface area contributed by atoms with Crippen molar-refractivity contribution in [2.75, 3.05) is 0 Å². The standard InChI is InChI=1S/C12H10F3NO4/c13-12(14,15)20-8-4-3-7(2-1-5-16)9(6-8)10(17)11(18)19/h3-4,6,10,17H,1-2H2,(H,18,19). The number of halogens is 3. The molecule has 20 heavy (non-hydrogen) atoms.